The molecule has 0 radical (unpaired) electrons. The van der Waals surface area contributed by atoms with Gasteiger partial charge in [0.05, 0.1) is 10.6 Å². The highest BCUT2D eigenvalue weighted by Gasteiger charge is 2.14. The van der Waals surface area contributed by atoms with E-state index in [2.05, 4.69) is 15.0 Å². The highest BCUT2D eigenvalue weighted by molar-refractivity contribution is 6.31. The fourth-order valence-corrected chi connectivity index (χ4v) is 1.92. The third-order valence-corrected chi connectivity index (χ3v) is 2.89. The quantitative estimate of drug-likeness (QED) is 0.629. The van der Waals surface area contributed by atoms with Crippen LogP contribution in [-0.2, 0) is 0 Å². The van der Waals surface area contributed by atoms with Gasteiger partial charge in [0.2, 0.25) is 0 Å². The SMILES string of the molecule is O=c1[nH]c(=O)c2[nH]c(-c3cccc(Cl)c3F)nc2[nH]1. The number of rotatable bonds is 1. The van der Waals surface area contributed by atoms with Crippen molar-refractivity contribution in [1.82, 2.24) is 19.9 Å². The first-order chi connectivity index (χ1) is 9.06. The number of hydrogen-bond donors (Lipinski definition) is 3. The highest BCUT2D eigenvalue weighted by Crippen LogP contribution is 2.25. The van der Waals surface area contributed by atoms with Crippen LogP contribution in [-0.4, -0.2) is 19.9 Å². The van der Waals surface area contributed by atoms with E-state index in [-0.39, 0.29) is 27.6 Å². The number of nitrogens with zero attached hydrogens (tertiary/aromatic N) is 1. The van der Waals surface area contributed by atoms with Crippen LogP contribution < -0.4 is 11.2 Å². The van der Waals surface area contributed by atoms with Crippen LogP contribution in [0.4, 0.5) is 4.39 Å². The summed E-state index contributed by atoms with van der Waals surface area (Å²) in [5, 5.41) is -0.0552. The molecule has 0 aliphatic heterocycles. The maximum absolute atomic E-state index is 13.8. The van der Waals surface area contributed by atoms with Crippen LogP contribution in [0.3, 0.4) is 0 Å². The van der Waals surface area contributed by atoms with E-state index in [1.165, 1.54) is 12.1 Å². The van der Waals surface area contributed by atoms with Gasteiger partial charge in [-0.3, -0.25) is 14.8 Å². The van der Waals surface area contributed by atoms with E-state index in [1.54, 1.807) is 6.07 Å². The molecular formula is C11H6ClFN4O2. The normalized spacial score (nSPS) is 11.1. The molecule has 0 atom stereocenters. The molecule has 6 nitrogen and oxygen atoms in total. The summed E-state index contributed by atoms with van der Waals surface area (Å²) in [6.07, 6.45) is 0. The molecule has 0 aliphatic carbocycles. The van der Waals surface area contributed by atoms with Gasteiger partial charge < -0.3 is 4.98 Å². The van der Waals surface area contributed by atoms with Gasteiger partial charge in [0.15, 0.2) is 11.5 Å². The Balaban J connectivity index is 2.33. The van der Waals surface area contributed by atoms with Gasteiger partial charge >= 0.3 is 5.69 Å². The van der Waals surface area contributed by atoms with E-state index >= 15 is 0 Å². The van der Waals surface area contributed by atoms with E-state index in [4.69, 9.17) is 11.6 Å². The van der Waals surface area contributed by atoms with Crippen LogP contribution in [0.5, 0.6) is 0 Å². The van der Waals surface area contributed by atoms with Crippen molar-refractivity contribution in [1.29, 1.82) is 0 Å². The predicted octanol–water partition coefficient (Wildman–Crippen LogP) is 1.40. The van der Waals surface area contributed by atoms with Crippen LogP contribution in [0.1, 0.15) is 0 Å². The molecule has 96 valence electrons. The van der Waals surface area contributed by atoms with Gasteiger partial charge in [-0.1, -0.05) is 17.7 Å². The topological polar surface area (TPSA) is 94.4 Å². The summed E-state index contributed by atoms with van der Waals surface area (Å²) < 4.78 is 13.8. The first-order valence-electron chi connectivity index (χ1n) is 5.23. The lowest BCUT2D eigenvalue weighted by atomic mass is 10.2. The number of benzene rings is 1. The van der Waals surface area contributed by atoms with Crippen molar-refractivity contribution in [3.63, 3.8) is 0 Å². The summed E-state index contributed by atoms with van der Waals surface area (Å²) in [6.45, 7) is 0. The number of halogens is 2. The zero-order chi connectivity index (χ0) is 13.6. The summed E-state index contributed by atoms with van der Waals surface area (Å²) >= 11 is 5.68. The Morgan fingerprint density at radius 1 is 1.16 bits per heavy atom. The largest absolute Gasteiger partial charge is 0.332 e. The van der Waals surface area contributed by atoms with Gasteiger partial charge in [0.1, 0.15) is 11.3 Å². The number of nitrogens with one attached hydrogen (secondary N) is 3. The van der Waals surface area contributed by atoms with E-state index in [0.29, 0.717) is 0 Å². The molecular weight excluding hydrogens is 275 g/mol. The summed E-state index contributed by atoms with van der Waals surface area (Å²) in [5.41, 5.74) is -1.07. The molecule has 0 amide bonds. The maximum Gasteiger partial charge on any atom is 0.327 e. The van der Waals surface area contributed by atoms with E-state index in [9.17, 15) is 14.0 Å². The third-order valence-electron chi connectivity index (χ3n) is 2.60. The Kier molecular flexibility index (Phi) is 2.49. The first-order valence-corrected chi connectivity index (χ1v) is 5.61. The van der Waals surface area contributed by atoms with Crippen molar-refractivity contribution in [3.8, 4) is 11.4 Å². The lowest BCUT2D eigenvalue weighted by molar-refractivity contribution is 0.630. The predicted molar refractivity (Wildman–Crippen MR) is 67.7 cm³/mol. The minimum Gasteiger partial charge on any atom is -0.332 e. The smallest absolute Gasteiger partial charge is 0.327 e. The molecule has 1 aromatic carbocycles. The number of fused-ring (bicyclic) bond motifs is 1. The number of aromatic amines is 3. The van der Waals surface area contributed by atoms with Gasteiger partial charge in [0.25, 0.3) is 5.56 Å². The lowest BCUT2D eigenvalue weighted by Gasteiger charge is -1.99. The van der Waals surface area contributed by atoms with Gasteiger partial charge in [-0.05, 0) is 12.1 Å². The van der Waals surface area contributed by atoms with Crippen LogP contribution in [0.25, 0.3) is 22.6 Å². The zero-order valence-corrected chi connectivity index (χ0v) is 10.0. The average molecular weight is 281 g/mol. The van der Waals surface area contributed by atoms with Crippen LogP contribution in [0.15, 0.2) is 27.8 Å². The Hall–Kier alpha value is -2.41. The van der Waals surface area contributed by atoms with Crippen molar-refractivity contribution >= 4 is 22.8 Å². The minimum absolute atomic E-state index is 0.0552. The Labute approximate surface area is 109 Å². The molecule has 8 heteroatoms. The fraction of sp³-hybridized carbons (Fsp3) is 0. The third kappa shape index (κ3) is 1.84. The van der Waals surface area contributed by atoms with Crippen molar-refractivity contribution < 1.29 is 4.39 Å². The number of hydrogen-bond acceptors (Lipinski definition) is 3. The summed E-state index contributed by atoms with van der Waals surface area (Å²) in [7, 11) is 0. The molecule has 0 saturated heterocycles. The molecule has 0 unspecified atom stereocenters. The number of H-pyrrole nitrogens is 3. The summed E-state index contributed by atoms with van der Waals surface area (Å²) in [6, 6.07) is 4.42. The van der Waals surface area contributed by atoms with Crippen molar-refractivity contribution in [2.75, 3.05) is 0 Å². The second kappa shape index (κ2) is 4.06. The molecule has 0 aliphatic rings. The van der Waals surface area contributed by atoms with E-state index < -0.39 is 17.1 Å². The molecule has 0 spiro atoms. The van der Waals surface area contributed by atoms with Crippen molar-refractivity contribution in [3.05, 3.63) is 49.9 Å². The van der Waals surface area contributed by atoms with Gasteiger partial charge in [-0.25, -0.2) is 14.2 Å². The Morgan fingerprint density at radius 2 is 1.95 bits per heavy atom. The maximum atomic E-state index is 13.8. The van der Waals surface area contributed by atoms with Crippen molar-refractivity contribution in [2.24, 2.45) is 0 Å². The van der Waals surface area contributed by atoms with Gasteiger partial charge in [-0.15, -0.1) is 0 Å². The van der Waals surface area contributed by atoms with Gasteiger partial charge in [0, 0.05) is 0 Å². The summed E-state index contributed by atoms with van der Waals surface area (Å²) in [4.78, 5) is 33.7. The average Bonchev–Trinajstić information content (AvgIpc) is 2.76. The molecule has 0 saturated carbocycles. The van der Waals surface area contributed by atoms with Crippen LogP contribution >= 0.6 is 11.6 Å². The molecule has 0 bridgehead atoms. The number of imidazole rings is 1. The molecule has 3 rings (SSSR count). The standard InChI is InChI=1S/C11H6ClFN4O2/c12-5-3-1-2-4(6(5)13)8-14-7-9(15-8)16-11(19)17-10(7)18/h1-3H,(H3,14,15,16,17,18,19). The Morgan fingerprint density at radius 3 is 2.74 bits per heavy atom. The monoisotopic (exact) mass is 280 g/mol. The molecule has 3 N–H and O–H groups in total. The number of aromatic nitrogens is 4. The minimum atomic E-state index is -0.679. The van der Waals surface area contributed by atoms with E-state index in [1.807, 2.05) is 4.98 Å². The van der Waals surface area contributed by atoms with Crippen molar-refractivity contribution in [2.45, 2.75) is 0 Å². The summed E-state index contributed by atoms with van der Waals surface area (Å²) in [5.74, 6) is -0.538. The fourth-order valence-electron chi connectivity index (χ4n) is 1.75. The molecule has 19 heavy (non-hydrogen) atoms. The first kappa shape index (κ1) is 11.7. The molecule has 0 fully saturated rings. The van der Waals surface area contributed by atoms with Crippen LogP contribution in [0.2, 0.25) is 5.02 Å². The van der Waals surface area contributed by atoms with Crippen LogP contribution in [0, 0.1) is 5.82 Å². The Bertz CT molecular complexity index is 896. The lowest BCUT2D eigenvalue weighted by Crippen LogP contribution is -2.21. The molecule has 2 heterocycles. The highest BCUT2D eigenvalue weighted by atomic mass is 35.5. The zero-order valence-electron chi connectivity index (χ0n) is 9.25. The second-order valence-electron chi connectivity index (χ2n) is 3.82. The molecule has 2 aromatic heterocycles. The second-order valence-corrected chi connectivity index (χ2v) is 4.23. The van der Waals surface area contributed by atoms with E-state index in [0.717, 1.165) is 0 Å². The molecule has 3 aromatic rings. The van der Waals surface area contributed by atoms with Gasteiger partial charge in [-0.2, -0.15) is 0 Å².